The second-order valence-corrected chi connectivity index (χ2v) is 6.08. The van der Waals surface area contributed by atoms with E-state index in [9.17, 15) is 8.42 Å². The fraction of sp³-hybridized carbons (Fsp3) is 0.727. The third kappa shape index (κ3) is 3.76. The van der Waals surface area contributed by atoms with Gasteiger partial charge < -0.3 is 15.2 Å². The lowest BCUT2D eigenvalue weighted by Crippen LogP contribution is -2.37. The molecule has 0 aliphatic rings. The number of aromatic nitrogens is 2. The second-order valence-electron chi connectivity index (χ2n) is 4.23. The third-order valence-electron chi connectivity index (χ3n) is 2.91. The number of methoxy groups -OCH3 is 2. The maximum absolute atomic E-state index is 12.6. The van der Waals surface area contributed by atoms with E-state index in [2.05, 4.69) is 10.2 Å². The highest BCUT2D eigenvalue weighted by atomic mass is 32.2. The molecule has 0 saturated carbocycles. The fourth-order valence-electron chi connectivity index (χ4n) is 1.74. The zero-order valence-corrected chi connectivity index (χ0v) is 12.9. The largest absolute Gasteiger partial charge is 0.383 e. The molecule has 1 heterocycles. The van der Waals surface area contributed by atoms with Gasteiger partial charge in [0.1, 0.15) is 0 Å². The van der Waals surface area contributed by atoms with Crippen LogP contribution in [0.5, 0.6) is 0 Å². The van der Waals surface area contributed by atoms with Crippen LogP contribution in [-0.4, -0.2) is 63.4 Å². The van der Waals surface area contributed by atoms with Crippen molar-refractivity contribution < 1.29 is 17.9 Å². The minimum Gasteiger partial charge on any atom is -0.383 e. The Morgan fingerprint density at radius 1 is 1.25 bits per heavy atom. The summed E-state index contributed by atoms with van der Waals surface area (Å²) in [5, 5.41) is 6.52. The average Bonchev–Trinajstić information content (AvgIpc) is 2.80. The molecule has 0 radical (unpaired) electrons. The Morgan fingerprint density at radius 2 is 1.80 bits per heavy atom. The number of nitrogens with zero attached hydrogens (tertiary/aromatic N) is 2. The van der Waals surface area contributed by atoms with Crippen LogP contribution < -0.4 is 5.73 Å². The minimum atomic E-state index is -3.72. The van der Waals surface area contributed by atoms with Gasteiger partial charge in [0, 0.05) is 45.1 Å². The molecule has 1 aromatic rings. The summed E-state index contributed by atoms with van der Waals surface area (Å²) in [6.07, 6.45) is 0. The minimum absolute atomic E-state index is 0.0234. The van der Waals surface area contributed by atoms with Crippen LogP contribution in [0.4, 0.5) is 0 Å². The number of nitrogens with one attached hydrogen (secondary N) is 1. The van der Waals surface area contributed by atoms with E-state index < -0.39 is 10.0 Å². The molecule has 0 amide bonds. The molecular formula is C11H22N4O4S. The van der Waals surface area contributed by atoms with E-state index in [1.54, 1.807) is 6.92 Å². The summed E-state index contributed by atoms with van der Waals surface area (Å²) < 4.78 is 36.4. The van der Waals surface area contributed by atoms with Crippen molar-refractivity contribution in [3.63, 3.8) is 0 Å². The first-order chi connectivity index (χ1) is 9.48. The van der Waals surface area contributed by atoms with E-state index in [0.29, 0.717) is 24.5 Å². The molecule has 8 nitrogen and oxygen atoms in total. The Morgan fingerprint density at radius 3 is 2.25 bits per heavy atom. The Hall–Kier alpha value is -1.00. The number of nitrogens with two attached hydrogens (primary N) is 1. The lowest BCUT2D eigenvalue weighted by atomic mass is 10.3. The van der Waals surface area contributed by atoms with Gasteiger partial charge in [-0.15, -0.1) is 0 Å². The Balaban J connectivity index is 3.07. The molecule has 20 heavy (non-hydrogen) atoms. The molecule has 9 heteroatoms. The van der Waals surface area contributed by atoms with Gasteiger partial charge in [-0.25, -0.2) is 8.42 Å². The van der Waals surface area contributed by atoms with E-state index >= 15 is 0 Å². The van der Waals surface area contributed by atoms with E-state index in [0.717, 1.165) is 0 Å². The first-order valence-electron chi connectivity index (χ1n) is 6.21. The molecule has 0 aliphatic carbocycles. The molecule has 0 fully saturated rings. The van der Waals surface area contributed by atoms with Crippen molar-refractivity contribution in [2.45, 2.75) is 18.5 Å². The smallest absolute Gasteiger partial charge is 0.262 e. The quantitative estimate of drug-likeness (QED) is 0.634. The van der Waals surface area contributed by atoms with Gasteiger partial charge in [-0.05, 0) is 6.92 Å². The van der Waals surface area contributed by atoms with E-state index in [4.69, 9.17) is 15.2 Å². The second kappa shape index (κ2) is 7.70. The molecule has 0 saturated heterocycles. The third-order valence-corrected chi connectivity index (χ3v) is 4.79. The number of ether oxygens (including phenoxy) is 2. The monoisotopic (exact) mass is 306 g/mol. The van der Waals surface area contributed by atoms with Gasteiger partial charge in [0.2, 0.25) is 0 Å². The Bertz CT molecular complexity index is 506. The van der Waals surface area contributed by atoms with Crippen molar-refractivity contribution >= 4 is 10.0 Å². The van der Waals surface area contributed by atoms with Gasteiger partial charge in [-0.1, -0.05) is 0 Å². The van der Waals surface area contributed by atoms with Gasteiger partial charge >= 0.3 is 0 Å². The van der Waals surface area contributed by atoms with Gasteiger partial charge in [-0.3, -0.25) is 5.10 Å². The van der Waals surface area contributed by atoms with Crippen LogP contribution in [0.3, 0.4) is 0 Å². The molecule has 3 N–H and O–H groups in total. The number of hydrogen-bond donors (Lipinski definition) is 2. The Labute approximate surface area is 119 Å². The van der Waals surface area contributed by atoms with Crippen molar-refractivity contribution in [2.75, 3.05) is 40.5 Å². The normalized spacial score (nSPS) is 12.2. The maximum Gasteiger partial charge on any atom is 0.262 e. The molecule has 0 aromatic carbocycles. The summed E-state index contributed by atoms with van der Waals surface area (Å²) in [5.74, 6) is 0. The van der Waals surface area contributed by atoms with Crippen LogP contribution in [0.15, 0.2) is 5.03 Å². The highest BCUT2D eigenvalue weighted by Crippen LogP contribution is 2.19. The van der Waals surface area contributed by atoms with Gasteiger partial charge in [-0.2, -0.15) is 9.40 Å². The standard InChI is InChI=1S/C11H22N4O4S/c1-9-10(8-12)11(14-13-9)20(16,17)15(4-6-18-2)5-7-19-3/h4-8,12H2,1-3H3,(H,13,14). The molecule has 116 valence electrons. The number of aromatic amines is 1. The number of aryl methyl sites for hydroxylation is 1. The van der Waals surface area contributed by atoms with E-state index in [1.165, 1.54) is 18.5 Å². The summed E-state index contributed by atoms with van der Waals surface area (Å²) in [4.78, 5) is 0. The maximum atomic E-state index is 12.6. The predicted octanol–water partition coefficient (Wildman–Crippen LogP) is -0.540. The summed E-state index contributed by atoms with van der Waals surface area (Å²) in [6.45, 7) is 2.91. The predicted molar refractivity (Wildman–Crippen MR) is 73.7 cm³/mol. The molecule has 0 spiro atoms. The summed E-state index contributed by atoms with van der Waals surface area (Å²) >= 11 is 0. The van der Waals surface area contributed by atoms with Gasteiger partial charge in [0.05, 0.1) is 13.2 Å². The first kappa shape index (κ1) is 17.1. The van der Waals surface area contributed by atoms with E-state index in [1.807, 2.05) is 0 Å². The molecule has 1 rings (SSSR count). The number of H-pyrrole nitrogens is 1. The van der Waals surface area contributed by atoms with Crippen LogP contribution in [0.25, 0.3) is 0 Å². The van der Waals surface area contributed by atoms with Gasteiger partial charge in [0.15, 0.2) is 5.03 Å². The highest BCUT2D eigenvalue weighted by Gasteiger charge is 2.29. The topological polar surface area (TPSA) is 111 Å². The summed E-state index contributed by atoms with van der Waals surface area (Å²) in [6, 6.07) is 0. The van der Waals surface area contributed by atoms with Crippen molar-refractivity contribution in [3.05, 3.63) is 11.3 Å². The molecule has 0 unspecified atom stereocenters. The van der Waals surface area contributed by atoms with Crippen molar-refractivity contribution in [2.24, 2.45) is 5.73 Å². The van der Waals surface area contributed by atoms with Crippen LogP contribution >= 0.6 is 0 Å². The molecule has 1 aromatic heterocycles. The molecule has 0 aliphatic heterocycles. The van der Waals surface area contributed by atoms with Gasteiger partial charge in [0.25, 0.3) is 10.0 Å². The average molecular weight is 306 g/mol. The number of rotatable bonds is 9. The molecular weight excluding hydrogens is 284 g/mol. The van der Waals surface area contributed by atoms with Crippen LogP contribution in [0.2, 0.25) is 0 Å². The van der Waals surface area contributed by atoms with Crippen LogP contribution in [0, 0.1) is 6.92 Å². The molecule has 0 bridgehead atoms. The first-order valence-corrected chi connectivity index (χ1v) is 7.65. The zero-order valence-electron chi connectivity index (χ0n) is 12.0. The highest BCUT2D eigenvalue weighted by molar-refractivity contribution is 7.89. The van der Waals surface area contributed by atoms with Crippen LogP contribution in [-0.2, 0) is 26.0 Å². The number of sulfonamides is 1. The molecule has 0 atom stereocenters. The van der Waals surface area contributed by atoms with Crippen LogP contribution in [0.1, 0.15) is 11.3 Å². The summed E-state index contributed by atoms with van der Waals surface area (Å²) in [7, 11) is -0.679. The van der Waals surface area contributed by atoms with Crippen molar-refractivity contribution in [1.29, 1.82) is 0 Å². The lowest BCUT2D eigenvalue weighted by molar-refractivity contribution is 0.150. The van der Waals surface area contributed by atoms with E-state index in [-0.39, 0.29) is 24.7 Å². The summed E-state index contributed by atoms with van der Waals surface area (Å²) in [5.41, 5.74) is 6.76. The lowest BCUT2D eigenvalue weighted by Gasteiger charge is -2.20. The SMILES string of the molecule is COCCN(CCOC)S(=O)(=O)c1n[nH]c(C)c1CN. The number of hydrogen-bond acceptors (Lipinski definition) is 6. The van der Waals surface area contributed by atoms with Crippen molar-refractivity contribution in [1.82, 2.24) is 14.5 Å². The Kier molecular flexibility index (Phi) is 6.56. The van der Waals surface area contributed by atoms with Crippen molar-refractivity contribution in [3.8, 4) is 0 Å². The fourth-order valence-corrected chi connectivity index (χ4v) is 3.33. The zero-order chi connectivity index (χ0) is 15.2.